The lowest BCUT2D eigenvalue weighted by molar-refractivity contribution is -0.141. The number of carbonyl (C=O) groups excluding carboxylic acids is 2. The largest absolute Gasteiger partial charge is 0.465 e. The highest BCUT2D eigenvalue weighted by atomic mass is 19.4. The molecule has 0 bridgehead atoms. The number of aromatic amines is 1. The smallest absolute Gasteiger partial charge is 0.431 e. The number of methoxy groups -OCH3 is 1. The SMILES string of the molecule is COC(=O)c1ccc(NC(=O)c2ccc(C(F)(F)F)[nH]c2=O)cc1. The molecule has 0 aliphatic rings. The molecule has 2 aromatic rings. The van der Waals surface area contributed by atoms with E-state index in [2.05, 4.69) is 10.1 Å². The topological polar surface area (TPSA) is 88.3 Å². The highest BCUT2D eigenvalue weighted by Crippen LogP contribution is 2.26. The summed E-state index contributed by atoms with van der Waals surface area (Å²) in [5, 5.41) is 2.35. The summed E-state index contributed by atoms with van der Waals surface area (Å²) in [6.45, 7) is 0. The van der Waals surface area contributed by atoms with Gasteiger partial charge in [0.15, 0.2) is 0 Å². The van der Waals surface area contributed by atoms with Crippen LogP contribution in [0.1, 0.15) is 26.4 Å². The first-order valence-electron chi connectivity index (χ1n) is 6.52. The van der Waals surface area contributed by atoms with Crippen molar-refractivity contribution in [3.63, 3.8) is 0 Å². The zero-order valence-electron chi connectivity index (χ0n) is 12.2. The van der Waals surface area contributed by atoms with Gasteiger partial charge in [0.2, 0.25) is 0 Å². The van der Waals surface area contributed by atoms with Gasteiger partial charge >= 0.3 is 12.1 Å². The van der Waals surface area contributed by atoms with Gasteiger partial charge in [-0.15, -0.1) is 0 Å². The van der Waals surface area contributed by atoms with Crippen LogP contribution in [-0.2, 0) is 10.9 Å². The number of esters is 1. The van der Waals surface area contributed by atoms with Gasteiger partial charge in [-0.2, -0.15) is 13.2 Å². The lowest BCUT2D eigenvalue weighted by Gasteiger charge is -2.08. The predicted octanol–water partition coefficient (Wildman–Crippen LogP) is 2.43. The van der Waals surface area contributed by atoms with Crippen molar-refractivity contribution in [1.82, 2.24) is 4.98 Å². The molecule has 2 rings (SSSR count). The Bertz CT molecular complexity index is 826. The molecule has 0 atom stereocenters. The minimum absolute atomic E-state index is 0.253. The second-order valence-corrected chi connectivity index (χ2v) is 4.64. The Morgan fingerprint density at radius 1 is 1.08 bits per heavy atom. The zero-order valence-corrected chi connectivity index (χ0v) is 12.2. The molecule has 6 nitrogen and oxygen atoms in total. The molecular formula is C15H11F3N2O4. The van der Waals surface area contributed by atoms with Crippen LogP contribution in [-0.4, -0.2) is 24.0 Å². The van der Waals surface area contributed by atoms with E-state index in [0.29, 0.717) is 6.07 Å². The molecule has 0 aliphatic carbocycles. The van der Waals surface area contributed by atoms with Gasteiger partial charge in [-0.25, -0.2) is 4.79 Å². The summed E-state index contributed by atoms with van der Waals surface area (Å²) in [4.78, 5) is 36.5. The molecule has 0 unspecified atom stereocenters. The molecule has 1 amide bonds. The number of hydrogen-bond acceptors (Lipinski definition) is 4. The van der Waals surface area contributed by atoms with Crippen LogP contribution in [0.4, 0.5) is 18.9 Å². The van der Waals surface area contributed by atoms with Crippen molar-refractivity contribution < 1.29 is 27.5 Å². The molecule has 126 valence electrons. The third-order valence-corrected chi connectivity index (χ3v) is 3.02. The van der Waals surface area contributed by atoms with Crippen LogP contribution in [0.5, 0.6) is 0 Å². The van der Waals surface area contributed by atoms with Crippen molar-refractivity contribution in [3.8, 4) is 0 Å². The lowest BCUT2D eigenvalue weighted by Crippen LogP contribution is -2.25. The molecule has 0 saturated heterocycles. The average molecular weight is 340 g/mol. The maximum absolute atomic E-state index is 12.5. The molecule has 0 spiro atoms. The summed E-state index contributed by atoms with van der Waals surface area (Å²) in [5.41, 5.74) is -2.37. The fraction of sp³-hybridized carbons (Fsp3) is 0.133. The Balaban J connectivity index is 2.18. The van der Waals surface area contributed by atoms with Crippen LogP contribution >= 0.6 is 0 Å². The van der Waals surface area contributed by atoms with Gasteiger partial charge in [0, 0.05) is 5.69 Å². The third kappa shape index (κ3) is 3.80. The number of nitrogens with one attached hydrogen (secondary N) is 2. The van der Waals surface area contributed by atoms with Crippen molar-refractivity contribution in [3.05, 3.63) is 63.6 Å². The van der Waals surface area contributed by atoms with Crippen LogP contribution in [0.15, 0.2) is 41.2 Å². The van der Waals surface area contributed by atoms with Gasteiger partial charge in [0.05, 0.1) is 12.7 Å². The maximum atomic E-state index is 12.5. The Hall–Kier alpha value is -3.10. The molecular weight excluding hydrogens is 329 g/mol. The highest BCUT2D eigenvalue weighted by molar-refractivity contribution is 6.04. The number of amides is 1. The summed E-state index contributed by atoms with van der Waals surface area (Å²) >= 11 is 0. The first kappa shape index (κ1) is 17.3. The summed E-state index contributed by atoms with van der Waals surface area (Å²) < 4.78 is 41.9. The van der Waals surface area contributed by atoms with E-state index in [1.54, 1.807) is 4.98 Å². The molecule has 0 aliphatic heterocycles. The van der Waals surface area contributed by atoms with Gasteiger partial charge in [0.25, 0.3) is 11.5 Å². The van der Waals surface area contributed by atoms with Crippen LogP contribution in [0.3, 0.4) is 0 Å². The first-order valence-corrected chi connectivity index (χ1v) is 6.52. The van der Waals surface area contributed by atoms with E-state index < -0.39 is 34.9 Å². The standard InChI is InChI=1S/C15H11F3N2O4/c1-24-14(23)8-2-4-9(5-3-8)19-12(21)10-6-7-11(15(16,17)18)20-13(10)22/h2-7H,1H3,(H,19,21)(H,20,22). The Morgan fingerprint density at radius 3 is 2.21 bits per heavy atom. The summed E-state index contributed by atoms with van der Waals surface area (Å²) in [6.07, 6.45) is -4.71. The van der Waals surface area contributed by atoms with Crippen molar-refractivity contribution in [2.75, 3.05) is 12.4 Å². The highest BCUT2D eigenvalue weighted by Gasteiger charge is 2.32. The minimum Gasteiger partial charge on any atom is -0.465 e. The molecule has 0 saturated carbocycles. The predicted molar refractivity (Wildman–Crippen MR) is 77.8 cm³/mol. The van der Waals surface area contributed by atoms with Gasteiger partial charge < -0.3 is 15.0 Å². The number of aromatic nitrogens is 1. The summed E-state index contributed by atoms with van der Waals surface area (Å²) in [6, 6.07) is 6.96. The van der Waals surface area contributed by atoms with Crippen molar-refractivity contribution in [2.24, 2.45) is 0 Å². The van der Waals surface area contributed by atoms with Crippen LogP contribution < -0.4 is 10.9 Å². The van der Waals surface area contributed by atoms with Crippen LogP contribution in [0.2, 0.25) is 0 Å². The van der Waals surface area contributed by atoms with E-state index in [-0.39, 0.29) is 11.3 Å². The number of ether oxygens (including phenoxy) is 1. The van der Waals surface area contributed by atoms with Crippen molar-refractivity contribution >= 4 is 17.6 Å². The second kappa shape index (κ2) is 6.57. The van der Waals surface area contributed by atoms with E-state index in [1.165, 1.54) is 31.4 Å². The normalized spacial score (nSPS) is 11.0. The fourth-order valence-electron chi connectivity index (χ4n) is 1.82. The van der Waals surface area contributed by atoms with E-state index in [0.717, 1.165) is 6.07 Å². The number of alkyl halides is 3. The molecule has 24 heavy (non-hydrogen) atoms. The van der Waals surface area contributed by atoms with Gasteiger partial charge in [-0.3, -0.25) is 9.59 Å². The van der Waals surface area contributed by atoms with E-state index in [9.17, 15) is 27.6 Å². The molecule has 1 heterocycles. The number of rotatable bonds is 3. The zero-order chi connectivity index (χ0) is 17.9. The first-order chi connectivity index (χ1) is 11.2. The lowest BCUT2D eigenvalue weighted by atomic mass is 10.2. The number of hydrogen-bond donors (Lipinski definition) is 2. The van der Waals surface area contributed by atoms with E-state index in [1.807, 2.05) is 0 Å². The quantitative estimate of drug-likeness (QED) is 0.840. The van der Waals surface area contributed by atoms with E-state index >= 15 is 0 Å². The average Bonchev–Trinajstić information content (AvgIpc) is 2.53. The Labute approximate surface area is 133 Å². The Kier molecular flexibility index (Phi) is 4.72. The van der Waals surface area contributed by atoms with Crippen LogP contribution in [0.25, 0.3) is 0 Å². The molecule has 9 heteroatoms. The monoisotopic (exact) mass is 340 g/mol. The summed E-state index contributed by atoms with van der Waals surface area (Å²) in [5.74, 6) is -1.44. The molecule has 1 aromatic heterocycles. The van der Waals surface area contributed by atoms with Crippen molar-refractivity contribution in [1.29, 1.82) is 0 Å². The number of carbonyl (C=O) groups is 2. The molecule has 0 radical (unpaired) electrons. The van der Waals surface area contributed by atoms with Gasteiger partial charge in [-0.1, -0.05) is 0 Å². The number of H-pyrrole nitrogens is 1. The minimum atomic E-state index is -4.71. The second-order valence-electron chi connectivity index (χ2n) is 4.64. The van der Waals surface area contributed by atoms with Crippen molar-refractivity contribution in [2.45, 2.75) is 6.18 Å². The molecule has 1 aromatic carbocycles. The Morgan fingerprint density at radius 2 is 1.71 bits per heavy atom. The summed E-state index contributed by atoms with van der Waals surface area (Å²) in [7, 11) is 1.22. The van der Waals surface area contributed by atoms with Gasteiger partial charge in [0.1, 0.15) is 11.3 Å². The fourth-order valence-corrected chi connectivity index (χ4v) is 1.82. The third-order valence-electron chi connectivity index (χ3n) is 3.02. The van der Waals surface area contributed by atoms with Crippen LogP contribution in [0, 0.1) is 0 Å². The number of pyridine rings is 1. The molecule has 2 N–H and O–H groups in total. The number of benzene rings is 1. The maximum Gasteiger partial charge on any atom is 0.431 e. The van der Waals surface area contributed by atoms with E-state index in [4.69, 9.17) is 0 Å². The van der Waals surface area contributed by atoms with Gasteiger partial charge in [-0.05, 0) is 36.4 Å². The number of anilines is 1. The molecule has 0 fully saturated rings. The number of halogens is 3.